The quantitative estimate of drug-likeness (QED) is 0.293. The maximum atomic E-state index is 14.4. The summed E-state index contributed by atoms with van der Waals surface area (Å²) in [5, 5.41) is 5.87. The molecule has 11 heteroatoms. The molecule has 2 atom stereocenters. The van der Waals surface area contributed by atoms with Crippen molar-refractivity contribution in [2.24, 2.45) is 5.92 Å². The summed E-state index contributed by atoms with van der Waals surface area (Å²) in [7, 11) is 0. The fourth-order valence-electron chi connectivity index (χ4n) is 3.95. The lowest BCUT2D eigenvalue weighted by atomic mass is 10.1. The van der Waals surface area contributed by atoms with Crippen LogP contribution in [0.5, 0.6) is 0 Å². The summed E-state index contributed by atoms with van der Waals surface area (Å²) < 4.78 is 26.6. The molecule has 0 radical (unpaired) electrons. The highest BCUT2D eigenvalue weighted by atomic mass is 35.5. The van der Waals surface area contributed by atoms with Gasteiger partial charge in [0, 0.05) is 17.2 Å². The Bertz CT molecular complexity index is 1410. The predicted molar refractivity (Wildman–Crippen MR) is 141 cm³/mol. The van der Waals surface area contributed by atoms with E-state index in [1.54, 1.807) is 31.2 Å². The number of hydrogen-bond donors (Lipinski definition) is 2. The minimum atomic E-state index is -1.37. The van der Waals surface area contributed by atoms with E-state index in [-0.39, 0.29) is 27.5 Å². The van der Waals surface area contributed by atoms with Crippen molar-refractivity contribution in [2.45, 2.75) is 24.1 Å². The number of alkyl halides is 2. The molecule has 2 N–H and O–H groups in total. The third kappa shape index (κ3) is 5.02. The van der Waals surface area contributed by atoms with E-state index in [2.05, 4.69) is 10.6 Å². The second-order valence-electron chi connectivity index (χ2n) is 8.44. The molecule has 3 aromatic carbocycles. The van der Waals surface area contributed by atoms with Gasteiger partial charge in [0.25, 0.3) is 5.91 Å². The van der Waals surface area contributed by atoms with Crippen LogP contribution in [0.2, 0.25) is 15.1 Å². The maximum absolute atomic E-state index is 14.4. The summed E-state index contributed by atoms with van der Waals surface area (Å²) in [4.78, 5) is 25.9. The van der Waals surface area contributed by atoms with Crippen LogP contribution in [0, 0.1) is 31.4 Å². The van der Waals surface area contributed by atoms with Crippen molar-refractivity contribution < 1.29 is 18.4 Å². The number of nitrogens with one attached hydrogen (secondary N) is 2. The Kier molecular flexibility index (Phi) is 7.48. The molecule has 4 rings (SSSR count). The lowest BCUT2D eigenvalue weighted by molar-refractivity contribution is -0.117. The van der Waals surface area contributed by atoms with Crippen molar-refractivity contribution in [1.29, 1.82) is 0 Å². The van der Waals surface area contributed by atoms with Gasteiger partial charge in [0.1, 0.15) is 10.2 Å². The van der Waals surface area contributed by atoms with Gasteiger partial charge in [-0.25, -0.2) is 8.78 Å². The molecule has 3 aromatic rings. The molecule has 1 saturated carbocycles. The van der Waals surface area contributed by atoms with Crippen molar-refractivity contribution in [3.8, 4) is 0 Å². The Labute approximate surface area is 230 Å². The number of halogens is 7. The van der Waals surface area contributed by atoms with E-state index in [0.717, 1.165) is 12.1 Å². The highest BCUT2D eigenvalue weighted by molar-refractivity contribution is 6.53. The highest BCUT2D eigenvalue weighted by Gasteiger charge is 2.67. The van der Waals surface area contributed by atoms with Crippen molar-refractivity contribution in [3.63, 3.8) is 0 Å². The van der Waals surface area contributed by atoms with Crippen LogP contribution >= 0.6 is 58.0 Å². The second kappa shape index (κ2) is 9.99. The van der Waals surface area contributed by atoms with E-state index in [9.17, 15) is 18.4 Å². The van der Waals surface area contributed by atoms with Gasteiger partial charge in [-0.1, -0.05) is 40.9 Å². The van der Waals surface area contributed by atoms with Gasteiger partial charge in [0.2, 0.25) is 5.91 Å². The van der Waals surface area contributed by atoms with Crippen LogP contribution in [0.3, 0.4) is 0 Å². The summed E-state index contributed by atoms with van der Waals surface area (Å²) in [6.45, 7) is 2.89. The first-order chi connectivity index (χ1) is 16.8. The number of aryl methyl sites for hydroxylation is 1. The number of benzene rings is 3. The standard InChI is InChI=1S/C25H17Cl5F2N2O2/c1-10-7-13(9-14(21(10)28)23(35)34-18-6-5-17(31)11(2)22(18)32)33-24(36)20-19(25(20,29)30)12-3-4-15(26)16(27)8-12/h3-9,19-20H,1-2H3,(H,33,36)(H,34,35)/t19-,20+/m0/s1. The molecular formula is C25H17Cl5F2N2O2. The number of carbonyl (C=O) groups is 2. The molecular weight excluding hydrogens is 576 g/mol. The monoisotopic (exact) mass is 590 g/mol. The molecule has 0 aliphatic heterocycles. The predicted octanol–water partition coefficient (Wildman–Crippen LogP) is 8.32. The van der Waals surface area contributed by atoms with Crippen LogP contribution < -0.4 is 10.6 Å². The average molecular weight is 593 g/mol. The van der Waals surface area contributed by atoms with Gasteiger partial charge in [0.15, 0.2) is 5.82 Å². The molecule has 2 amide bonds. The molecule has 1 aliphatic rings. The Morgan fingerprint density at radius 2 is 1.61 bits per heavy atom. The zero-order chi connectivity index (χ0) is 26.5. The molecule has 0 spiro atoms. The summed E-state index contributed by atoms with van der Waals surface area (Å²) in [5.41, 5.74) is 0.926. The van der Waals surface area contributed by atoms with E-state index in [0.29, 0.717) is 21.2 Å². The van der Waals surface area contributed by atoms with E-state index in [1.807, 2.05) is 0 Å². The molecule has 1 aliphatic carbocycles. The van der Waals surface area contributed by atoms with Crippen LogP contribution in [0.4, 0.5) is 20.2 Å². The lowest BCUT2D eigenvalue weighted by Gasteiger charge is -2.13. The summed E-state index contributed by atoms with van der Waals surface area (Å²) in [5.74, 6) is -4.20. The molecule has 0 saturated heterocycles. The lowest BCUT2D eigenvalue weighted by Crippen LogP contribution is -2.19. The number of rotatable bonds is 5. The summed E-state index contributed by atoms with van der Waals surface area (Å²) in [6.07, 6.45) is 0. The highest BCUT2D eigenvalue weighted by Crippen LogP contribution is 2.65. The Balaban J connectivity index is 1.56. The third-order valence-electron chi connectivity index (χ3n) is 5.97. The summed E-state index contributed by atoms with van der Waals surface area (Å²) >= 11 is 31.2. The first-order valence-corrected chi connectivity index (χ1v) is 12.4. The topological polar surface area (TPSA) is 58.2 Å². The zero-order valence-corrected chi connectivity index (χ0v) is 22.4. The fraction of sp³-hybridized carbons (Fsp3) is 0.200. The first-order valence-electron chi connectivity index (χ1n) is 10.5. The van der Waals surface area contributed by atoms with Gasteiger partial charge in [-0.05, 0) is 61.4 Å². The summed E-state index contributed by atoms with van der Waals surface area (Å²) in [6, 6.07) is 9.96. The minimum absolute atomic E-state index is 0.0202. The van der Waals surface area contributed by atoms with Gasteiger partial charge in [0.05, 0.1) is 32.2 Å². The van der Waals surface area contributed by atoms with E-state index in [4.69, 9.17) is 58.0 Å². The molecule has 1 fully saturated rings. The minimum Gasteiger partial charge on any atom is -0.326 e. The fourth-order valence-corrected chi connectivity index (χ4v) is 5.28. The maximum Gasteiger partial charge on any atom is 0.257 e. The first kappa shape index (κ1) is 27.0. The van der Waals surface area contributed by atoms with E-state index >= 15 is 0 Å². The van der Waals surface area contributed by atoms with Crippen LogP contribution in [-0.4, -0.2) is 16.1 Å². The molecule has 0 unspecified atom stereocenters. The third-order valence-corrected chi connectivity index (χ3v) is 8.16. The number of carbonyl (C=O) groups excluding carboxylic acids is 2. The molecule has 4 nitrogen and oxygen atoms in total. The van der Waals surface area contributed by atoms with Crippen molar-refractivity contribution in [2.75, 3.05) is 10.6 Å². The van der Waals surface area contributed by atoms with Crippen LogP contribution in [-0.2, 0) is 4.79 Å². The van der Waals surface area contributed by atoms with Crippen LogP contribution in [0.25, 0.3) is 0 Å². The van der Waals surface area contributed by atoms with Crippen LogP contribution in [0.1, 0.15) is 33.0 Å². The van der Waals surface area contributed by atoms with Crippen LogP contribution in [0.15, 0.2) is 42.5 Å². The van der Waals surface area contributed by atoms with Gasteiger partial charge < -0.3 is 10.6 Å². The molecule has 36 heavy (non-hydrogen) atoms. The van der Waals surface area contributed by atoms with Crippen molar-refractivity contribution in [3.05, 3.63) is 91.4 Å². The number of anilines is 2. The Morgan fingerprint density at radius 1 is 0.917 bits per heavy atom. The molecule has 0 aromatic heterocycles. The zero-order valence-electron chi connectivity index (χ0n) is 18.7. The SMILES string of the molecule is Cc1cc(NC(=O)[C@H]2[C@H](c3ccc(Cl)c(Cl)c3)C2(Cl)Cl)cc(C(=O)Nc2ccc(F)c(C)c2F)c1Cl. The molecule has 188 valence electrons. The van der Waals surface area contributed by atoms with Gasteiger partial charge in [-0.2, -0.15) is 0 Å². The van der Waals surface area contributed by atoms with Crippen molar-refractivity contribution in [1.82, 2.24) is 0 Å². The second-order valence-corrected chi connectivity index (χ2v) is 11.1. The van der Waals surface area contributed by atoms with Gasteiger partial charge >= 0.3 is 0 Å². The van der Waals surface area contributed by atoms with Gasteiger partial charge in [-0.15, -0.1) is 23.2 Å². The van der Waals surface area contributed by atoms with E-state index in [1.165, 1.54) is 13.0 Å². The molecule has 0 bridgehead atoms. The van der Waals surface area contributed by atoms with Crippen molar-refractivity contribution >= 4 is 81.2 Å². The van der Waals surface area contributed by atoms with E-state index < -0.39 is 39.6 Å². The Morgan fingerprint density at radius 3 is 2.28 bits per heavy atom. The smallest absolute Gasteiger partial charge is 0.257 e. The van der Waals surface area contributed by atoms with Gasteiger partial charge in [-0.3, -0.25) is 9.59 Å². The molecule has 0 heterocycles. The average Bonchev–Trinajstić information content (AvgIpc) is 3.40. The number of hydrogen-bond acceptors (Lipinski definition) is 2. The largest absolute Gasteiger partial charge is 0.326 e. The number of amides is 2. The Hall–Kier alpha value is -2.09. The normalized spacial score (nSPS) is 18.0.